The Morgan fingerprint density at radius 3 is 3.00 bits per heavy atom. The maximum atomic E-state index is 14.0. The highest BCUT2D eigenvalue weighted by Gasteiger charge is 2.07. The SMILES string of the molecule is C=CCCC(C)Nc1ccc(-n2cncn2)c(F)c1. The van der Waals surface area contributed by atoms with Gasteiger partial charge in [-0.3, -0.25) is 0 Å². The van der Waals surface area contributed by atoms with Gasteiger partial charge in [0.05, 0.1) is 0 Å². The third-order valence-corrected chi connectivity index (χ3v) is 2.83. The van der Waals surface area contributed by atoms with Gasteiger partial charge in [-0.1, -0.05) is 6.08 Å². The third kappa shape index (κ3) is 3.40. The van der Waals surface area contributed by atoms with Crippen molar-refractivity contribution in [1.29, 1.82) is 0 Å². The lowest BCUT2D eigenvalue weighted by molar-refractivity contribution is 0.610. The van der Waals surface area contributed by atoms with Crippen LogP contribution < -0.4 is 5.32 Å². The van der Waals surface area contributed by atoms with Gasteiger partial charge in [-0.2, -0.15) is 5.10 Å². The first-order valence-electron chi connectivity index (χ1n) is 6.22. The fourth-order valence-electron chi connectivity index (χ4n) is 1.84. The predicted molar refractivity (Wildman–Crippen MR) is 73.8 cm³/mol. The molecule has 0 aliphatic carbocycles. The minimum absolute atomic E-state index is 0.273. The Balaban J connectivity index is 2.09. The van der Waals surface area contributed by atoms with Crippen molar-refractivity contribution in [2.24, 2.45) is 0 Å². The zero-order valence-electron chi connectivity index (χ0n) is 10.9. The van der Waals surface area contributed by atoms with Crippen LogP contribution in [0.3, 0.4) is 0 Å². The number of rotatable bonds is 6. The molecule has 2 rings (SSSR count). The van der Waals surface area contributed by atoms with Crippen LogP contribution in [0, 0.1) is 5.82 Å². The van der Waals surface area contributed by atoms with E-state index >= 15 is 0 Å². The normalized spacial score (nSPS) is 12.1. The van der Waals surface area contributed by atoms with Crippen LogP contribution in [0.1, 0.15) is 19.8 Å². The van der Waals surface area contributed by atoms with Crippen molar-refractivity contribution in [2.45, 2.75) is 25.8 Å². The zero-order valence-corrected chi connectivity index (χ0v) is 10.9. The molecule has 1 aromatic heterocycles. The monoisotopic (exact) mass is 260 g/mol. The second-order valence-electron chi connectivity index (χ2n) is 4.42. The first kappa shape index (κ1) is 13.3. The van der Waals surface area contributed by atoms with Crippen molar-refractivity contribution < 1.29 is 4.39 Å². The topological polar surface area (TPSA) is 42.7 Å². The van der Waals surface area contributed by atoms with Crippen LogP contribution in [-0.2, 0) is 0 Å². The molecule has 1 unspecified atom stereocenters. The standard InChI is InChI=1S/C14H17FN4/c1-3-4-5-11(2)18-12-6-7-14(13(15)8-12)19-10-16-9-17-19/h3,6-11,18H,1,4-5H2,2H3. The molecule has 1 aromatic carbocycles. The average molecular weight is 260 g/mol. The number of hydrogen-bond donors (Lipinski definition) is 1. The summed E-state index contributed by atoms with van der Waals surface area (Å²) >= 11 is 0. The van der Waals surface area contributed by atoms with E-state index < -0.39 is 0 Å². The first-order valence-corrected chi connectivity index (χ1v) is 6.22. The summed E-state index contributed by atoms with van der Waals surface area (Å²) in [6.45, 7) is 5.75. The van der Waals surface area contributed by atoms with Gasteiger partial charge in [-0.05, 0) is 38.0 Å². The van der Waals surface area contributed by atoms with Crippen LogP contribution in [0.4, 0.5) is 10.1 Å². The lowest BCUT2D eigenvalue weighted by atomic mass is 10.1. The van der Waals surface area contributed by atoms with Crippen LogP contribution >= 0.6 is 0 Å². The minimum Gasteiger partial charge on any atom is -0.382 e. The van der Waals surface area contributed by atoms with Crippen molar-refractivity contribution >= 4 is 5.69 Å². The lowest BCUT2D eigenvalue weighted by Gasteiger charge is -2.15. The van der Waals surface area contributed by atoms with Crippen molar-refractivity contribution in [2.75, 3.05) is 5.32 Å². The fourth-order valence-corrected chi connectivity index (χ4v) is 1.84. The van der Waals surface area contributed by atoms with Crippen molar-refractivity contribution in [1.82, 2.24) is 14.8 Å². The highest BCUT2D eigenvalue weighted by Crippen LogP contribution is 2.18. The maximum Gasteiger partial charge on any atom is 0.150 e. The number of hydrogen-bond acceptors (Lipinski definition) is 3. The zero-order chi connectivity index (χ0) is 13.7. The van der Waals surface area contributed by atoms with Gasteiger partial charge in [0, 0.05) is 11.7 Å². The summed E-state index contributed by atoms with van der Waals surface area (Å²) in [5.74, 6) is -0.327. The highest BCUT2D eigenvalue weighted by atomic mass is 19.1. The van der Waals surface area contributed by atoms with Gasteiger partial charge in [0.2, 0.25) is 0 Å². The molecule has 0 amide bonds. The molecular formula is C14H17FN4. The number of nitrogens with one attached hydrogen (secondary N) is 1. The second kappa shape index (κ2) is 6.13. The van der Waals surface area contributed by atoms with Gasteiger partial charge in [-0.25, -0.2) is 14.1 Å². The number of nitrogens with zero attached hydrogens (tertiary/aromatic N) is 3. The van der Waals surface area contributed by atoms with E-state index in [1.807, 2.05) is 12.1 Å². The molecule has 0 saturated heterocycles. The average Bonchev–Trinajstić information content (AvgIpc) is 2.90. The van der Waals surface area contributed by atoms with Crippen LogP contribution in [0.25, 0.3) is 5.69 Å². The van der Waals surface area contributed by atoms with E-state index in [-0.39, 0.29) is 11.9 Å². The Hall–Kier alpha value is -2.17. The molecule has 5 heteroatoms. The van der Waals surface area contributed by atoms with E-state index in [4.69, 9.17) is 0 Å². The molecule has 0 fully saturated rings. The molecule has 1 N–H and O–H groups in total. The van der Waals surface area contributed by atoms with Gasteiger partial charge < -0.3 is 5.32 Å². The summed E-state index contributed by atoms with van der Waals surface area (Å²) in [4.78, 5) is 3.80. The largest absolute Gasteiger partial charge is 0.382 e. The minimum atomic E-state index is -0.327. The molecule has 0 aliphatic rings. The van der Waals surface area contributed by atoms with Gasteiger partial charge in [0.15, 0.2) is 5.82 Å². The smallest absolute Gasteiger partial charge is 0.150 e. The molecule has 0 saturated carbocycles. The van der Waals surface area contributed by atoms with Gasteiger partial charge in [0.1, 0.15) is 18.3 Å². The molecule has 1 heterocycles. The Kier molecular flexibility index (Phi) is 4.28. The summed E-state index contributed by atoms with van der Waals surface area (Å²) in [5, 5.41) is 7.17. The fraction of sp³-hybridized carbons (Fsp3) is 0.286. The van der Waals surface area contributed by atoms with E-state index in [0.717, 1.165) is 18.5 Å². The predicted octanol–water partition coefficient (Wildman–Crippen LogP) is 3.17. The highest BCUT2D eigenvalue weighted by molar-refractivity contribution is 5.49. The first-order chi connectivity index (χ1) is 9.20. The Morgan fingerprint density at radius 2 is 2.37 bits per heavy atom. The molecule has 0 aliphatic heterocycles. The summed E-state index contributed by atoms with van der Waals surface area (Å²) in [6.07, 6.45) is 6.64. The molecule has 1 atom stereocenters. The summed E-state index contributed by atoms with van der Waals surface area (Å²) < 4.78 is 15.4. The maximum absolute atomic E-state index is 14.0. The van der Waals surface area contributed by atoms with Crippen LogP contribution in [0.15, 0.2) is 43.5 Å². The summed E-state index contributed by atoms with van der Waals surface area (Å²) in [5.41, 5.74) is 1.15. The van der Waals surface area contributed by atoms with Crippen LogP contribution in [0.2, 0.25) is 0 Å². The second-order valence-corrected chi connectivity index (χ2v) is 4.42. The lowest BCUT2D eigenvalue weighted by Crippen LogP contribution is -2.14. The van der Waals surface area contributed by atoms with Gasteiger partial charge in [0.25, 0.3) is 0 Å². The van der Waals surface area contributed by atoms with Crippen molar-refractivity contribution in [3.8, 4) is 5.69 Å². The van der Waals surface area contributed by atoms with Crippen LogP contribution in [0.5, 0.6) is 0 Å². The van der Waals surface area contributed by atoms with E-state index in [0.29, 0.717) is 5.69 Å². The molecule has 4 nitrogen and oxygen atoms in total. The van der Waals surface area contributed by atoms with E-state index in [1.165, 1.54) is 23.4 Å². The Morgan fingerprint density at radius 1 is 1.53 bits per heavy atom. The van der Waals surface area contributed by atoms with E-state index in [9.17, 15) is 4.39 Å². The molecule has 0 radical (unpaired) electrons. The number of benzene rings is 1. The van der Waals surface area contributed by atoms with Gasteiger partial charge in [-0.15, -0.1) is 6.58 Å². The summed E-state index contributed by atoms with van der Waals surface area (Å²) in [6, 6.07) is 5.27. The van der Waals surface area contributed by atoms with Gasteiger partial charge >= 0.3 is 0 Å². The molecule has 0 spiro atoms. The number of halogens is 1. The molecule has 2 aromatic rings. The number of anilines is 1. The quantitative estimate of drug-likeness (QED) is 0.811. The third-order valence-electron chi connectivity index (χ3n) is 2.83. The Labute approximate surface area is 112 Å². The van der Waals surface area contributed by atoms with E-state index in [2.05, 4.69) is 28.9 Å². The van der Waals surface area contributed by atoms with Crippen molar-refractivity contribution in [3.05, 3.63) is 49.3 Å². The number of aromatic nitrogens is 3. The molecule has 100 valence electrons. The molecule has 19 heavy (non-hydrogen) atoms. The Bertz CT molecular complexity index is 536. The summed E-state index contributed by atoms with van der Waals surface area (Å²) in [7, 11) is 0. The van der Waals surface area contributed by atoms with Crippen molar-refractivity contribution in [3.63, 3.8) is 0 Å². The number of allylic oxidation sites excluding steroid dienone is 1. The molecule has 0 bridgehead atoms. The van der Waals surface area contributed by atoms with E-state index in [1.54, 1.807) is 6.07 Å². The molecular weight excluding hydrogens is 243 g/mol. The van der Waals surface area contributed by atoms with Crippen LogP contribution in [-0.4, -0.2) is 20.8 Å².